The second-order valence-corrected chi connectivity index (χ2v) is 11.8. The summed E-state index contributed by atoms with van der Waals surface area (Å²) in [5.41, 5.74) is 2.16. The van der Waals surface area contributed by atoms with Crippen molar-refractivity contribution in [2.24, 2.45) is 5.92 Å². The molecule has 1 unspecified atom stereocenters. The van der Waals surface area contributed by atoms with Gasteiger partial charge in [-0.25, -0.2) is 14.8 Å². The van der Waals surface area contributed by atoms with Crippen LogP contribution in [0.4, 0.5) is 4.79 Å². The number of aromatic nitrogens is 3. The largest absolute Gasteiger partial charge is 0.493 e. The van der Waals surface area contributed by atoms with Crippen LogP contribution in [-0.2, 0) is 14.2 Å². The van der Waals surface area contributed by atoms with E-state index in [1.165, 1.54) is 25.4 Å². The van der Waals surface area contributed by atoms with Gasteiger partial charge in [-0.1, -0.05) is 12.1 Å². The van der Waals surface area contributed by atoms with Crippen molar-refractivity contribution in [2.45, 2.75) is 64.4 Å². The molecule has 3 aliphatic rings. The van der Waals surface area contributed by atoms with Crippen LogP contribution in [0.1, 0.15) is 74.4 Å². The van der Waals surface area contributed by atoms with E-state index in [2.05, 4.69) is 20.3 Å². The zero-order valence-corrected chi connectivity index (χ0v) is 23.5. The molecule has 1 aromatic carbocycles. The molecule has 2 fully saturated rings. The summed E-state index contributed by atoms with van der Waals surface area (Å²) in [6.07, 6.45) is 7.51. The van der Waals surface area contributed by atoms with E-state index in [0.29, 0.717) is 47.1 Å². The second kappa shape index (κ2) is 10.9. The van der Waals surface area contributed by atoms with Gasteiger partial charge >= 0.3 is 6.09 Å². The van der Waals surface area contributed by atoms with Gasteiger partial charge in [-0.05, 0) is 64.5 Å². The Bertz CT molecular complexity index is 1470. The maximum atomic E-state index is 13.3. The maximum absolute atomic E-state index is 13.3. The molecule has 6 rings (SSSR count). The van der Waals surface area contributed by atoms with Gasteiger partial charge in [0.2, 0.25) is 0 Å². The topological polar surface area (TPSA) is 128 Å². The Morgan fingerprint density at radius 2 is 2.05 bits per heavy atom. The minimum Gasteiger partial charge on any atom is -0.493 e. The Hall–Kier alpha value is -4.28. The van der Waals surface area contributed by atoms with Crippen LogP contribution in [0.2, 0.25) is 0 Å². The van der Waals surface area contributed by atoms with Gasteiger partial charge in [0, 0.05) is 30.9 Å². The van der Waals surface area contributed by atoms with Gasteiger partial charge in [-0.3, -0.25) is 4.79 Å². The van der Waals surface area contributed by atoms with Crippen molar-refractivity contribution >= 4 is 28.8 Å². The van der Waals surface area contributed by atoms with Crippen LogP contribution >= 0.6 is 0 Å². The van der Waals surface area contributed by atoms with E-state index in [9.17, 15) is 9.59 Å². The van der Waals surface area contributed by atoms with E-state index in [1.54, 1.807) is 11.1 Å². The smallest absolute Gasteiger partial charge is 0.410 e. The summed E-state index contributed by atoms with van der Waals surface area (Å²) in [7, 11) is 0. The minimum absolute atomic E-state index is 0.200. The number of carbonyl (C=O) groups excluding carboxylic acids is 2. The van der Waals surface area contributed by atoms with Gasteiger partial charge in [0.25, 0.3) is 12.2 Å². The van der Waals surface area contributed by atoms with E-state index in [1.807, 2.05) is 45.0 Å². The van der Waals surface area contributed by atoms with Crippen LogP contribution in [0, 0.1) is 5.92 Å². The molecular formula is C30H35N5O6. The number of rotatable bonds is 7. The Labute approximate surface area is 238 Å². The molecule has 1 saturated carbocycles. The summed E-state index contributed by atoms with van der Waals surface area (Å²) in [6.45, 7) is 7.22. The SMILES string of the molecule is CC(C)(C)OC(=O)N1CCC[C@@H](NC(=O)c2c[nH]c3c(C4=COC(c5cccc(OCC6CC6)c5)O4)ncnc23)C1. The summed E-state index contributed by atoms with van der Waals surface area (Å²) in [6, 6.07) is 7.49. The van der Waals surface area contributed by atoms with Crippen LogP contribution in [0.25, 0.3) is 16.8 Å². The molecule has 2 aliphatic heterocycles. The molecule has 1 aliphatic carbocycles. The Kier molecular flexibility index (Phi) is 7.19. The molecule has 2 amide bonds. The highest BCUT2D eigenvalue weighted by Crippen LogP contribution is 2.36. The van der Waals surface area contributed by atoms with Crippen molar-refractivity contribution in [1.82, 2.24) is 25.2 Å². The van der Waals surface area contributed by atoms with E-state index < -0.39 is 11.9 Å². The van der Waals surface area contributed by atoms with Crippen LogP contribution < -0.4 is 10.1 Å². The van der Waals surface area contributed by atoms with E-state index >= 15 is 0 Å². The summed E-state index contributed by atoms with van der Waals surface area (Å²) in [5, 5.41) is 3.05. The number of nitrogens with zero attached hydrogens (tertiary/aromatic N) is 3. The molecular weight excluding hydrogens is 526 g/mol. The first-order valence-electron chi connectivity index (χ1n) is 14.1. The van der Waals surface area contributed by atoms with E-state index in [0.717, 1.165) is 30.8 Å². The maximum Gasteiger partial charge on any atom is 0.410 e. The molecule has 4 heterocycles. The van der Waals surface area contributed by atoms with Gasteiger partial charge in [0.15, 0.2) is 5.76 Å². The molecule has 0 bridgehead atoms. The lowest BCUT2D eigenvalue weighted by atomic mass is 10.1. The quantitative estimate of drug-likeness (QED) is 0.416. The van der Waals surface area contributed by atoms with Gasteiger partial charge in [0.1, 0.15) is 35.2 Å². The lowest BCUT2D eigenvalue weighted by molar-refractivity contribution is -0.0173. The van der Waals surface area contributed by atoms with Crippen molar-refractivity contribution in [2.75, 3.05) is 19.7 Å². The fourth-order valence-electron chi connectivity index (χ4n) is 4.95. The van der Waals surface area contributed by atoms with Crippen molar-refractivity contribution in [1.29, 1.82) is 0 Å². The number of nitrogens with one attached hydrogen (secondary N) is 2. The molecule has 216 valence electrons. The number of H-pyrrole nitrogens is 1. The van der Waals surface area contributed by atoms with E-state index in [4.69, 9.17) is 18.9 Å². The summed E-state index contributed by atoms with van der Waals surface area (Å²) >= 11 is 0. The monoisotopic (exact) mass is 561 g/mol. The van der Waals surface area contributed by atoms with Gasteiger partial charge < -0.3 is 34.1 Å². The predicted octanol–water partition coefficient (Wildman–Crippen LogP) is 4.92. The Morgan fingerprint density at radius 3 is 2.85 bits per heavy atom. The third-order valence-electron chi connectivity index (χ3n) is 7.20. The highest BCUT2D eigenvalue weighted by molar-refractivity contribution is 6.06. The number of aromatic amines is 1. The number of benzene rings is 1. The molecule has 0 radical (unpaired) electrons. The molecule has 11 nitrogen and oxygen atoms in total. The fourth-order valence-corrected chi connectivity index (χ4v) is 4.95. The van der Waals surface area contributed by atoms with Crippen LogP contribution in [0.3, 0.4) is 0 Å². The first-order chi connectivity index (χ1) is 19.7. The number of carbonyl (C=O) groups is 2. The number of piperidine rings is 1. The molecule has 11 heteroatoms. The van der Waals surface area contributed by atoms with Gasteiger partial charge in [-0.15, -0.1) is 0 Å². The van der Waals surface area contributed by atoms with Crippen LogP contribution in [-0.4, -0.2) is 63.2 Å². The first kappa shape index (κ1) is 26.9. The number of likely N-dealkylation sites (tertiary alicyclic amines) is 1. The number of fused-ring (bicyclic) bond motifs is 1. The highest BCUT2D eigenvalue weighted by Gasteiger charge is 2.30. The van der Waals surface area contributed by atoms with Gasteiger partial charge in [-0.2, -0.15) is 0 Å². The summed E-state index contributed by atoms with van der Waals surface area (Å²) in [5.74, 6) is 1.59. The average Bonchev–Trinajstić information content (AvgIpc) is 3.46. The Balaban J connectivity index is 1.12. The van der Waals surface area contributed by atoms with Crippen molar-refractivity contribution in [3.05, 3.63) is 59.9 Å². The molecule has 2 aromatic heterocycles. The molecule has 0 spiro atoms. The minimum atomic E-state index is -0.642. The molecule has 41 heavy (non-hydrogen) atoms. The number of ether oxygens (including phenoxy) is 4. The van der Waals surface area contributed by atoms with Gasteiger partial charge in [0.05, 0.1) is 17.7 Å². The molecule has 2 N–H and O–H groups in total. The average molecular weight is 562 g/mol. The first-order valence-corrected chi connectivity index (χ1v) is 14.1. The molecule has 3 aromatic rings. The number of hydrogen-bond acceptors (Lipinski definition) is 8. The van der Waals surface area contributed by atoms with Crippen LogP contribution in [0.15, 0.2) is 43.1 Å². The Morgan fingerprint density at radius 1 is 1.20 bits per heavy atom. The summed E-state index contributed by atoms with van der Waals surface area (Å²) in [4.78, 5) is 39.4. The second-order valence-electron chi connectivity index (χ2n) is 11.8. The molecule has 1 saturated heterocycles. The fraction of sp³-hybridized carbons (Fsp3) is 0.467. The summed E-state index contributed by atoms with van der Waals surface area (Å²) < 4.78 is 23.3. The zero-order chi connectivity index (χ0) is 28.6. The third-order valence-corrected chi connectivity index (χ3v) is 7.20. The molecule has 2 atom stereocenters. The van der Waals surface area contributed by atoms with E-state index in [-0.39, 0.29) is 18.0 Å². The number of amides is 2. The lowest BCUT2D eigenvalue weighted by Crippen LogP contribution is -2.50. The van der Waals surface area contributed by atoms with Crippen molar-refractivity contribution in [3.63, 3.8) is 0 Å². The highest BCUT2D eigenvalue weighted by atomic mass is 16.7. The van der Waals surface area contributed by atoms with Crippen LogP contribution in [0.5, 0.6) is 5.75 Å². The van der Waals surface area contributed by atoms with Crippen molar-refractivity contribution < 1.29 is 28.5 Å². The zero-order valence-electron chi connectivity index (χ0n) is 23.5. The standard InChI is InChI=1S/C30H35N5O6/c1-30(2,3)41-29(37)35-11-5-7-20(14-35)34-27(36)22-13-31-26-24(22)32-17-33-25(26)23-16-39-28(40-23)19-6-4-8-21(12-19)38-15-18-9-10-18/h4,6,8,12-13,16-18,20,28,31H,5,7,9-11,14-15H2,1-3H3,(H,34,36)/t20-,28?/m1/s1. The predicted molar refractivity (Wildman–Crippen MR) is 150 cm³/mol. The third kappa shape index (κ3) is 6.23. The lowest BCUT2D eigenvalue weighted by Gasteiger charge is -2.34. The normalized spacial score (nSPS) is 20.7. The number of hydrogen-bond donors (Lipinski definition) is 2. The van der Waals surface area contributed by atoms with Crippen molar-refractivity contribution in [3.8, 4) is 5.75 Å².